The van der Waals surface area contributed by atoms with Crippen molar-refractivity contribution < 1.29 is 10.0 Å². The predicted molar refractivity (Wildman–Crippen MR) is 61.9 cm³/mol. The number of imidazole rings is 1. The van der Waals surface area contributed by atoms with Crippen LogP contribution in [0, 0.1) is 10.1 Å². The van der Waals surface area contributed by atoms with E-state index in [0.717, 1.165) is 10.8 Å². The van der Waals surface area contributed by atoms with Gasteiger partial charge in [0.2, 0.25) is 0 Å². The van der Waals surface area contributed by atoms with Crippen molar-refractivity contribution in [2.24, 2.45) is 38.7 Å². The van der Waals surface area contributed by atoms with Crippen LogP contribution in [0.3, 0.4) is 0 Å². The first-order valence-electron chi connectivity index (χ1n) is 4.85. The van der Waals surface area contributed by atoms with Crippen molar-refractivity contribution in [3.63, 3.8) is 0 Å². The Labute approximate surface area is 105 Å². The summed E-state index contributed by atoms with van der Waals surface area (Å²) >= 11 is 0. The second-order valence-corrected chi connectivity index (χ2v) is 3.54. The van der Waals surface area contributed by atoms with Crippen LogP contribution in [0.2, 0.25) is 0 Å². The van der Waals surface area contributed by atoms with Crippen LogP contribution >= 0.6 is 0 Å². The second-order valence-electron chi connectivity index (χ2n) is 3.54. The Hall–Kier alpha value is -2.89. The fourth-order valence-corrected chi connectivity index (χ4v) is 1.44. The minimum absolute atomic E-state index is 0.177. The summed E-state index contributed by atoms with van der Waals surface area (Å²) < 4.78 is 1.03. The highest BCUT2D eigenvalue weighted by Gasteiger charge is 2.42. The molecule has 1 aliphatic rings. The zero-order valence-electron chi connectivity index (χ0n) is 9.63. The van der Waals surface area contributed by atoms with E-state index < -0.39 is 10.8 Å². The molecule has 0 amide bonds. The van der Waals surface area contributed by atoms with E-state index in [-0.39, 0.29) is 23.6 Å². The Morgan fingerprint density at radius 3 is 2.84 bits per heavy atom. The van der Waals surface area contributed by atoms with Crippen LogP contribution in [-0.4, -0.2) is 31.5 Å². The van der Waals surface area contributed by atoms with E-state index in [9.17, 15) is 15.2 Å². The summed E-state index contributed by atoms with van der Waals surface area (Å²) in [5.74, 6) is -3.26. The Bertz CT molecular complexity index is 626. The number of hydrogen-bond acceptors (Lipinski definition) is 8. The molecule has 0 saturated carbocycles. The zero-order chi connectivity index (χ0) is 14.2. The minimum Gasteiger partial charge on any atom is -0.370 e. The third-order valence-corrected chi connectivity index (χ3v) is 2.21. The van der Waals surface area contributed by atoms with Gasteiger partial charge in [0, 0.05) is 0 Å². The zero-order valence-corrected chi connectivity index (χ0v) is 9.63. The third-order valence-electron chi connectivity index (χ3n) is 2.21. The third kappa shape index (κ3) is 2.11. The van der Waals surface area contributed by atoms with E-state index in [1.807, 2.05) is 0 Å². The number of rotatable bonds is 2. The molecular weight excluding hydrogens is 258 g/mol. The number of aromatic nitrogens is 2. The van der Waals surface area contributed by atoms with E-state index in [1.165, 1.54) is 7.05 Å². The molecule has 5 N–H and O–H groups in total. The fraction of sp³-hybridized carbons (Fsp3) is 0.286. The van der Waals surface area contributed by atoms with Crippen LogP contribution in [-0.2, 0) is 12.9 Å². The number of aliphatic hydroxyl groups is 1. The molecule has 0 aliphatic carbocycles. The molecule has 2 rings (SSSR count). The van der Waals surface area contributed by atoms with Gasteiger partial charge in [-0.2, -0.15) is 9.98 Å². The molecule has 0 aromatic carbocycles. The van der Waals surface area contributed by atoms with Crippen molar-refractivity contribution in [1.82, 2.24) is 9.55 Å². The van der Waals surface area contributed by atoms with Gasteiger partial charge in [0.15, 0.2) is 5.96 Å². The first kappa shape index (κ1) is 12.6. The molecule has 1 atom stereocenters. The minimum atomic E-state index is -2.18. The van der Waals surface area contributed by atoms with Crippen LogP contribution in [0.5, 0.6) is 0 Å². The number of nitro groups is 1. The number of nitrogens with two attached hydrogens (primary N) is 2. The van der Waals surface area contributed by atoms with Crippen LogP contribution in [0.1, 0.15) is 5.82 Å². The summed E-state index contributed by atoms with van der Waals surface area (Å²) in [5, 5.41) is 27.7. The lowest BCUT2D eigenvalue weighted by molar-refractivity contribution is -0.392. The number of aliphatic imine (C=N–C) groups is 2. The van der Waals surface area contributed by atoms with Gasteiger partial charge in [0.1, 0.15) is 6.20 Å². The maximum atomic E-state index is 10.7. The van der Waals surface area contributed by atoms with Gasteiger partial charge < -0.3 is 26.7 Å². The standard InChI is InChI=1S/C7H9N9O3/c1-15-3(16(18)19)2-10-4(15)7(17)12-6(13-14-7)11-5(8)9/h2,17H,1H3,(H4,8,9,11,12). The lowest BCUT2D eigenvalue weighted by Gasteiger charge is -2.09. The summed E-state index contributed by atoms with van der Waals surface area (Å²) in [4.78, 5) is 20.9. The van der Waals surface area contributed by atoms with Crippen molar-refractivity contribution >= 4 is 17.7 Å². The van der Waals surface area contributed by atoms with Crippen LogP contribution in [0.25, 0.3) is 0 Å². The molecule has 0 radical (unpaired) electrons. The smallest absolute Gasteiger partial charge is 0.359 e. The van der Waals surface area contributed by atoms with E-state index in [2.05, 4.69) is 25.2 Å². The lowest BCUT2D eigenvalue weighted by atomic mass is 10.4. The molecule has 1 aromatic heterocycles. The molecule has 0 saturated heterocycles. The molecule has 12 heteroatoms. The van der Waals surface area contributed by atoms with Crippen LogP contribution in [0.4, 0.5) is 5.82 Å². The summed E-state index contributed by atoms with van der Waals surface area (Å²) in [5.41, 5.74) is 10.3. The van der Waals surface area contributed by atoms with Crippen LogP contribution in [0.15, 0.2) is 26.4 Å². The van der Waals surface area contributed by atoms with Gasteiger partial charge in [-0.3, -0.25) is 0 Å². The van der Waals surface area contributed by atoms with Crippen molar-refractivity contribution in [3.8, 4) is 0 Å². The molecule has 100 valence electrons. The molecular formula is C7H9N9O3. The van der Waals surface area contributed by atoms with E-state index in [1.54, 1.807) is 0 Å². The number of guanidine groups is 2. The normalized spacial score (nSPS) is 21.3. The second kappa shape index (κ2) is 4.09. The van der Waals surface area contributed by atoms with E-state index in [0.29, 0.717) is 0 Å². The van der Waals surface area contributed by atoms with Gasteiger partial charge in [-0.05, 0) is 4.92 Å². The molecule has 0 bridgehead atoms. The number of nitrogens with zero attached hydrogens (tertiary/aromatic N) is 7. The molecule has 19 heavy (non-hydrogen) atoms. The summed E-state index contributed by atoms with van der Waals surface area (Å²) in [6.45, 7) is 0. The van der Waals surface area contributed by atoms with Gasteiger partial charge in [-0.1, -0.05) is 0 Å². The van der Waals surface area contributed by atoms with Gasteiger partial charge in [-0.25, -0.2) is 9.55 Å². The van der Waals surface area contributed by atoms with E-state index >= 15 is 0 Å². The van der Waals surface area contributed by atoms with Crippen molar-refractivity contribution in [1.29, 1.82) is 0 Å². The highest BCUT2D eigenvalue weighted by Crippen LogP contribution is 2.30. The average Bonchev–Trinajstić information content (AvgIpc) is 2.83. The molecule has 1 unspecified atom stereocenters. The number of hydrogen-bond donors (Lipinski definition) is 3. The molecule has 1 aliphatic heterocycles. The molecule has 12 nitrogen and oxygen atoms in total. The maximum absolute atomic E-state index is 10.7. The topological polar surface area (TPSA) is 183 Å². The van der Waals surface area contributed by atoms with Gasteiger partial charge in [-0.15, -0.1) is 10.2 Å². The summed E-state index contributed by atoms with van der Waals surface area (Å²) in [7, 11) is 1.34. The molecule has 1 aromatic rings. The summed E-state index contributed by atoms with van der Waals surface area (Å²) in [6.07, 6.45) is 0.969. The lowest BCUT2D eigenvalue weighted by Crippen LogP contribution is -2.25. The van der Waals surface area contributed by atoms with Crippen molar-refractivity contribution in [2.75, 3.05) is 0 Å². The van der Waals surface area contributed by atoms with Crippen LogP contribution < -0.4 is 11.5 Å². The monoisotopic (exact) mass is 267 g/mol. The predicted octanol–water partition coefficient (Wildman–Crippen LogP) is -1.47. The van der Waals surface area contributed by atoms with E-state index in [4.69, 9.17) is 11.5 Å². The first-order chi connectivity index (χ1) is 8.83. The fourth-order valence-electron chi connectivity index (χ4n) is 1.44. The van der Waals surface area contributed by atoms with Crippen molar-refractivity contribution in [3.05, 3.63) is 22.1 Å². The molecule has 2 heterocycles. The summed E-state index contributed by atoms with van der Waals surface area (Å²) in [6, 6.07) is 0. The first-order valence-corrected chi connectivity index (χ1v) is 4.85. The molecule has 0 fully saturated rings. The molecule has 0 spiro atoms. The Morgan fingerprint density at radius 1 is 1.63 bits per heavy atom. The number of azo groups is 1. The van der Waals surface area contributed by atoms with Gasteiger partial charge >= 0.3 is 11.7 Å². The Balaban J connectivity index is 2.44. The Morgan fingerprint density at radius 2 is 2.32 bits per heavy atom. The highest BCUT2D eigenvalue weighted by atomic mass is 16.6. The highest BCUT2D eigenvalue weighted by molar-refractivity contribution is 5.94. The van der Waals surface area contributed by atoms with Gasteiger partial charge in [0.25, 0.3) is 11.8 Å². The maximum Gasteiger partial charge on any atom is 0.359 e. The SMILES string of the molecule is Cn1c([N+](=O)[O-])cnc1C1(O)N=NC(N=C(N)N)=N1. The largest absolute Gasteiger partial charge is 0.370 e. The Kier molecular flexibility index (Phi) is 2.71. The average molecular weight is 267 g/mol. The van der Waals surface area contributed by atoms with Crippen molar-refractivity contribution in [2.45, 2.75) is 5.85 Å². The van der Waals surface area contributed by atoms with Gasteiger partial charge in [0.05, 0.1) is 7.05 Å². The quantitative estimate of drug-likeness (QED) is 0.254.